The maximum atomic E-state index is 11.3. The number of carbonyl (C=O) groups excluding carboxylic acids is 1. The summed E-state index contributed by atoms with van der Waals surface area (Å²) in [5.74, 6) is -0.363. The summed E-state index contributed by atoms with van der Waals surface area (Å²) >= 11 is 0. The van der Waals surface area contributed by atoms with Crippen molar-refractivity contribution < 1.29 is 9.53 Å². The van der Waals surface area contributed by atoms with E-state index in [2.05, 4.69) is 24.1 Å². The maximum absolute atomic E-state index is 11.3. The largest absolute Gasteiger partial charge is 0.461 e. The number of carbonyl (C=O) groups is 1. The van der Waals surface area contributed by atoms with Crippen LogP contribution in [0.5, 0.6) is 0 Å². The van der Waals surface area contributed by atoms with Crippen LogP contribution in [0.1, 0.15) is 31.3 Å². The van der Waals surface area contributed by atoms with Crippen molar-refractivity contribution in [3.63, 3.8) is 0 Å². The number of nitrogens with zero attached hydrogens (tertiary/aromatic N) is 2. The number of rotatable bonds is 6. The Hall–Kier alpha value is -1.36. The smallest absolute Gasteiger partial charge is 0.358 e. The van der Waals surface area contributed by atoms with E-state index in [9.17, 15) is 4.79 Å². The van der Waals surface area contributed by atoms with Crippen molar-refractivity contribution in [2.45, 2.75) is 33.4 Å². The molecular formula is C11H19N3O2. The molecule has 5 nitrogen and oxygen atoms in total. The quantitative estimate of drug-likeness (QED) is 0.735. The van der Waals surface area contributed by atoms with Gasteiger partial charge in [0.2, 0.25) is 0 Å². The molecule has 0 fully saturated rings. The van der Waals surface area contributed by atoms with E-state index in [1.807, 2.05) is 4.57 Å². The molecule has 0 aliphatic rings. The first-order valence-electron chi connectivity index (χ1n) is 5.55. The second-order valence-corrected chi connectivity index (χ2v) is 3.83. The van der Waals surface area contributed by atoms with Gasteiger partial charge in [-0.25, -0.2) is 9.78 Å². The van der Waals surface area contributed by atoms with Gasteiger partial charge in [-0.3, -0.25) is 0 Å². The van der Waals surface area contributed by atoms with Gasteiger partial charge in [0, 0.05) is 25.3 Å². The van der Waals surface area contributed by atoms with Gasteiger partial charge in [-0.2, -0.15) is 0 Å². The lowest BCUT2D eigenvalue weighted by molar-refractivity contribution is 0.0520. The SMILES string of the molecule is CCOC(=O)c1cn(CCNC(C)C)cn1. The summed E-state index contributed by atoms with van der Waals surface area (Å²) in [6.07, 6.45) is 3.36. The summed E-state index contributed by atoms with van der Waals surface area (Å²) in [6.45, 7) is 8.00. The summed E-state index contributed by atoms with van der Waals surface area (Å²) < 4.78 is 6.73. The number of aromatic nitrogens is 2. The van der Waals surface area contributed by atoms with Crippen LogP contribution in [0.4, 0.5) is 0 Å². The summed E-state index contributed by atoms with van der Waals surface area (Å²) in [6, 6.07) is 0.466. The first-order chi connectivity index (χ1) is 7.63. The number of esters is 1. The minimum absolute atomic E-state index is 0.363. The van der Waals surface area contributed by atoms with E-state index < -0.39 is 0 Å². The highest BCUT2D eigenvalue weighted by molar-refractivity contribution is 5.86. The Labute approximate surface area is 95.8 Å². The van der Waals surface area contributed by atoms with Gasteiger partial charge >= 0.3 is 5.97 Å². The summed E-state index contributed by atoms with van der Waals surface area (Å²) in [5, 5.41) is 3.29. The average Bonchev–Trinajstić information content (AvgIpc) is 2.66. The first kappa shape index (κ1) is 12.7. The lowest BCUT2D eigenvalue weighted by atomic mass is 10.4. The molecule has 5 heteroatoms. The lowest BCUT2D eigenvalue weighted by Crippen LogP contribution is -2.26. The van der Waals surface area contributed by atoms with Crippen molar-refractivity contribution in [3.05, 3.63) is 18.2 Å². The van der Waals surface area contributed by atoms with Gasteiger partial charge in [-0.15, -0.1) is 0 Å². The number of ether oxygens (including phenoxy) is 1. The molecule has 1 rings (SSSR count). The van der Waals surface area contributed by atoms with Gasteiger partial charge in [0.25, 0.3) is 0 Å². The fourth-order valence-electron chi connectivity index (χ4n) is 1.28. The summed E-state index contributed by atoms with van der Waals surface area (Å²) in [7, 11) is 0. The Morgan fingerprint density at radius 2 is 2.38 bits per heavy atom. The molecule has 0 aromatic carbocycles. The van der Waals surface area contributed by atoms with Crippen molar-refractivity contribution in [2.24, 2.45) is 0 Å². The van der Waals surface area contributed by atoms with Crippen LogP contribution in [-0.4, -0.2) is 34.7 Å². The Morgan fingerprint density at radius 3 is 3.00 bits per heavy atom. The van der Waals surface area contributed by atoms with Gasteiger partial charge in [0.05, 0.1) is 12.9 Å². The Balaban J connectivity index is 2.42. The number of imidazole rings is 1. The first-order valence-corrected chi connectivity index (χ1v) is 5.55. The van der Waals surface area contributed by atoms with Crippen LogP contribution in [0.2, 0.25) is 0 Å². The van der Waals surface area contributed by atoms with Crippen LogP contribution in [0.15, 0.2) is 12.5 Å². The van der Waals surface area contributed by atoms with Crippen LogP contribution in [0.3, 0.4) is 0 Å². The van der Waals surface area contributed by atoms with E-state index in [0.29, 0.717) is 18.3 Å². The molecule has 0 saturated heterocycles. The van der Waals surface area contributed by atoms with Crippen LogP contribution in [-0.2, 0) is 11.3 Å². The minimum atomic E-state index is -0.363. The van der Waals surface area contributed by atoms with E-state index in [0.717, 1.165) is 13.1 Å². The predicted molar refractivity (Wildman–Crippen MR) is 61.3 cm³/mol. The van der Waals surface area contributed by atoms with Crippen molar-refractivity contribution in [1.29, 1.82) is 0 Å². The molecule has 0 amide bonds. The van der Waals surface area contributed by atoms with Gasteiger partial charge in [-0.1, -0.05) is 13.8 Å². The maximum Gasteiger partial charge on any atom is 0.358 e. The molecule has 0 aliphatic heterocycles. The molecule has 1 heterocycles. The minimum Gasteiger partial charge on any atom is -0.461 e. The second-order valence-electron chi connectivity index (χ2n) is 3.83. The third-order valence-corrected chi connectivity index (χ3v) is 2.04. The molecule has 0 unspecified atom stereocenters. The fourth-order valence-corrected chi connectivity index (χ4v) is 1.28. The Kier molecular flexibility index (Phi) is 4.98. The van der Waals surface area contributed by atoms with E-state index in [1.165, 1.54) is 0 Å². The van der Waals surface area contributed by atoms with E-state index in [-0.39, 0.29) is 5.97 Å². The molecular weight excluding hydrogens is 206 g/mol. The van der Waals surface area contributed by atoms with Crippen molar-refractivity contribution >= 4 is 5.97 Å². The molecule has 1 aromatic heterocycles. The number of nitrogens with one attached hydrogen (secondary N) is 1. The molecule has 1 aromatic rings. The molecule has 90 valence electrons. The molecule has 0 aliphatic carbocycles. The average molecular weight is 225 g/mol. The summed E-state index contributed by atoms with van der Waals surface area (Å²) in [4.78, 5) is 15.3. The number of hydrogen-bond acceptors (Lipinski definition) is 4. The van der Waals surface area contributed by atoms with Crippen LogP contribution >= 0.6 is 0 Å². The zero-order valence-electron chi connectivity index (χ0n) is 10.1. The predicted octanol–water partition coefficient (Wildman–Crippen LogP) is 1.06. The fraction of sp³-hybridized carbons (Fsp3) is 0.636. The van der Waals surface area contributed by atoms with E-state index in [4.69, 9.17) is 4.74 Å². The van der Waals surface area contributed by atoms with Crippen LogP contribution in [0.25, 0.3) is 0 Å². The standard InChI is InChI=1S/C11H19N3O2/c1-4-16-11(15)10-7-14(8-13-10)6-5-12-9(2)3/h7-9,12H,4-6H2,1-3H3. The normalized spacial score (nSPS) is 10.8. The molecule has 0 radical (unpaired) electrons. The van der Waals surface area contributed by atoms with Crippen molar-refractivity contribution in [2.75, 3.05) is 13.2 Å². The number of hydrogen-bond donors (Lipinski definition) is 1. The Bertz CT molecular complexity index is 334. The van der Waals surface area contributed by atoms with E-state index >= 15 is 0 Å². The molecule has 16 heavy (non-hydrogen) atoms. The summed E-state index contributed by atoms with van der Waals surface area (Å²) in [5.41, 5.74) is 0.367. The zero-order chi connectivity index (χ0) is 12.0. The topological polar surface area (TPSA) is 56.1 Å². The van der Waals surface area contributed by atoms with Gasteiger partial charge in [0.15, 0.2) is 5.69 Å². The van der Waals surface area contributed by atoms with Crippen LogP contribution in [0, 0.1) is 0 Å². The van der Waals surface area contributed by atoms with Crippen LogP contribution < -0.4 is 5.32 Å². The molecule has 1 N–H and O–H groups in total. The van der Waals surface area contributed by atoms with Gasteiger partial charge in [0.1, 0.15) is 0 Å². The second kappa shape index (κ2) is 6.27. The monoisotopic (exact) mass is 225 g/mol. The zero-order valence-corrected chi connectivity index (χ0v) is 10.1. The van der Waals surface area contributed by atoms with Gasteiger partial charge in [-0.05, 0) is 6.92 Å². The van der Waals surface area contributed by atoms with Crippen molar-refractivity contribution in [1.82, 2.24) is 14.9 Å². The third-order valence-electron chi connectivity index (χ3n) is 2.04. The van der Waals surface area contributed by atoms with Gasteiger partial charge < -0.3 is 14.6 Å². The van der Waals surface area contributed by atoms with Crippen molar-refractivity contribution in [3.8, 4) is 0 Å². The highest BCUT2D eigenvalue weighted by Crippen LogP contribution is 1.98. The molecule has 0 spiro atoms. The Morgan fingerprint density at radius 1 is 1.62 bits per heavy atom. The molecule has 0 bridgehead atoms. The highest BCUT2D eigenvalue weighted by Gasteiger charge is 2.09. The molecule has 0 saturated carbocycles. The van der Waals surface area contributed by atoms with E-state index in [1.54, 1.807) is 19.4 Å². The lowest BCUT2D eigenvalue weighted by Gasteiger charge is -2.07. The molecule has 0 atom stereocenters. The highest BCUT2D eigenvalue weighted by atomic mass is 16.5. The third kappa shape index (κ3) is 4.02.